The molecule has 0 aliphatic rings. The Morgan fingerprint density at radius 3 is 2.62 bits per heavy atom. The Morgan fingerprint density at radius 2 is 1.94 bits per heavy atom. The topological polar surface area (TPSA) is 35.0 Å². The highest BCUT2D eigenvalue weighted by molar-refractivity contribution is 6.36. The Balaban J connectivity index is 2.66. The monoisotopic (exact) mass is 256 g/mol. The van der Waals surface area contributed by atoms with E-state index in [9.17, 15) is 0 Å². The molecule has 0 amide bonds. The third-order valence-corrected chi connectivity index (χ3v) is 2.42. The summed E-state index contributed by atoms with van der Waals surface area (Å²) in [5.41, 5.74) is 0.683. The molecule has 0 bridgehead atoms. The highest BCUT2D eigenvalue weighted by atomic mass is 35.5. The van der Waals surface area contributed by atoms with Crippen molar-refractivity contribution in [1.29, 1.82) is 0 Å². The van der Waals surface area contributed by atoms with E-state index >= 15 is 0 Å². The van der Waals surface area contributed by atoms with Gasteiger partial charge in [0, 0.05) is 0 Å². The van der Waals surface area contributed by atoms with Crippen molar-refractivity contribution in [1.82, 2.24) is 9.97 Å². The standard InChI is InChI=1S/C11H10Cl2N2O/c1-6(2)16-8-5-3-4-7-9(8)10(12)15-11(13)14-7/h3-6H,1-2H3. The van der Waals surface area contributed by atoms with E-state index in [2.05, 4.69) is 9.97 Å². The van der Waals surface area contributed by atoms with Crippen LogP contribution in [0.4, 0.5) is 0 Å². The second-order valence-electron chi connectivity index (χ2n) is 3.60. The molecule has 0 unspecified atom stereocenters. The normalized spacial score (nSPS) is 11.1. The van der Waals surface area contributed by atoms with Crippen LogP contribution < -0.4 is 4.74 Å². The van der Waals surface area contributed by atoms with Crippen molar-refractivity contribution in [3.63, 3.8) is 0 Å². The Labute approximate surface area is 103 Å². The number of halogens is 2. The smallest absolute Gasteiger partial charge is 0.224 e. The SMILES string of the molecule is CC(C)Oc1cccc2nc(Cl)nc(Cl)c12. The van der Waals surface area contributed by atoms with Gasteiger partial charge in [-0.1, -0.05) is 17.7 Å². The van der Waals surface area contributed by atoms with E-state index in [1.807, 2.05) is 32.0 Å². The van der Waals surface area contributed by atoms with Crippen molar-refractivity contribution < 1.29 is 4.74 Å². The molecule has 0 atom stereocenters. The van der Waals surface area contributed by atoms with Crippen molar-refractivity contribution in [3.8, 4) is 5.75 Å². The minimum Gasteiger partial charge on any atom is -0.490 e. The number of benzene rings is 1. The van der Waals surface area contributed by atoms with Crippen LogP contribution in [-0.4, -0.2) is 16.1 Å². The summed E-state index contributed by atoms with van der Waals surface area (Å²) in [4.78, 5) is 8.00. The van der Waals surface area contributed by atoms with Gasteiger partial charge in [0.1, 0.15) is 10.9 Å². The van der Waals surface area contributed by atoms with E-state index in [0.717, 1.165) is 0 Å². The lowest BCUT2D eigenvalue weighted by atomic mass is 10.2. The lowest BCUT2D eigenvalue weighted by molar-refractivity contribution is 0.245. The lowest BCUT2D eigenvalue weighted by Gasteiger charge is -2.12. The van der Waals surface area contributed by atoms with Gasteiger partial charge in [0.15, 0.2) is 0 Å². The lowest BCUT2D eigenvalue weighted by Crippen LogP contribution is -2.06. The van der Waals surface area contributed by atoms with Gasteiger partial charge in [0.2, 0.25) is 5.28 Å². The predicted molar refractivity (Wildman–Crippen MR) is 65.3 cm³/mol. The first-order chi connectivity index (χ1) is 7.58. The summed E-state index contributed by atoms with van der Waals surface area (Å²) in [5, 5.41) is 1.15. The molecule has 2 rings (SSSR count). The summed E-state index contributed by atoms with van der Waals surface area (Å²) < 4.78 is 5.64. The summed E-state index contributed by atoms with van der Waals surface area (Å²) in [5.74, 6) is 0.675. The summed E-state index contributed by atoms with van der Waals surface area (Å²) in [7, 11) is 0. The first kappa shape index (κ1) is 11.4. The first-order valence-corrected chi connectivity index (χ1v) is 5.62. The van der Waals surface area contributed by atoms with Crippen molar-refractivity contribution in [2.45, 2.75) is 20.0 Å². The molecular weight excluding hydrogens is 247 g/mol. The highest BCUT2D eigenvalue weighted by Crippen LogP contribution is 2.31. The zero-order valence-corrected chi connectivity index (χ0v) is 10.4. The molecule has 0 spiro atoms. The Morgan fingerprint density at radius 1 is 1.19 bits per heavy atom. The fraction of sp³-hybridized carbons (Fsp3) is 0.273. The third kappa shape index (κ3) is 2.20. The maximum atomic E-state index is 6.04. The van der Waals surface area contributed by atoms with E-state index in [0.29, 0.717) is 21.8 Å². The largest absolute Gasteiger partial charge is 0.490 e. The number of aromatic nitrogens is 2. The minimum absolute atomic E-state index is 0.0670. The van der Waals surface area contributed by atoms with E-state index in [1.54, 1.807) is 0 Å². The number of nitrogens with zero attached hydrogens (tertiary/aromatic N) is 2. The van der Waals surface area contributed by atoms with Gasteiger partial charge < -0.3 is 4.74 Å². The van der Waals surface area contributed by atoms with Crippen LogP contribution in [0.15, 0.2) is 18.2 Å². The van der Waals surface area contributed by atoms with Gasteiger partial charge in [-0.15, -0.1) is 0 Å². The summed E-state index contributed by atoms with van der Waals surface area (Å²) in [6.45, 7) is 3.90. The van der Waals surface area contributed by atoms with E-state index in [4.69, 9.17) is 27.9 Å². The predicted octanol–water partition coefficient (Wildman–Crippen LogP) is 3.72. The van der Waals surface area contributed by atoms with Gasteiger partial charge in [-0.05, 0) is 37.6 Å². The van der Waals surface area contributed by atoms with Crippen molar-refractivity contribution in [2.24, 2.45) is 0 Å². The van der Waals surface area contributed by atoms with Gasteiger partial charge in [-0.3, -0.25) is 0 Å². The van der Waals surface area contributed by atoms with Crippen LogP contribution in [0.2, 0.25) is 10.4 Å². The minimum atomic E-state index is 0.0670. The van der Waals surface area contributed by atoms with Crippen molar-refractivity contribution in [2.75, 3.05) is 0 Å². The molecule has 2 aromatic rings. The average Bonchev–Trinajstić information content (AvgIpc) is 2.15. The molecule has 0 radical (unpaired) electrons. The van der Waals surface area contributed by atoms with E-state index < -0.39 is 0 Å². The van der Waals surface area contributed by atoms with E-state index in [-0.39, 0.29) is 11.4 Å². The molecule has 3 nitrogen and oxygen atoms in total. The van der Waals surface area contributed by atoms with Crippen LogP contribution in [0, 0.1) is 0 Å². The average molecular weight is 257 g/mol. The number of fused-ring (bicyclic) bond motifs is 1. The molecule has 1 aromatic heterocycles. The van der Waals surface area contributed by atoms with Gasteiger partial charge in [-0.2, -0.15) is 0 Å². The van der Waals surface area contributed by atoms with Gasteiger partial charge in [-0.25, -0.2) is 9.97 Å². The maximum absolute atomic E-state index is 6.04. The van der Waals surface area contributed by atoms with E-state index in [1.165, 1.54) is 0 Å². The highest BCUT2D eigenvalue weighted by Gasteiger charge is 2.11. The molecule has 0 aliphatic heterocycles. The number of hydrogen-bond donors (Lipinski definition) is 0. The van der Waals surface area contributed by atoms with Crippen LogP contribution in [-0.2, 0) is 0 Å². The van der Waals surface area contributed by atoms with Crippen LogP contribution in [0.5, 0.6) is 5.75 Å². The number of rotatable bonds is 2. The molecule has 0 aliphatic carbocycles. The van der Waals surface area contributed by atoms with Crippen LogP contribution in [0.1, 0.15) is 13.8 Å². The molecule has 0 saturated heterocycles. The number of ether oxygens (including phenoxy) is 1. The molecule has 1 heterocycles. The molecule has 1 aromatic carbocycles. The number of hydrogen-bond acceptors (Lipinski definition) is 3. The molecule has 0 saturated carbocycles. The maximum Gasteiger partial charge on any atom is 0.224 e. The zero-order valence-electron chi connectivity index (χ0n) is 8.87. The Bertz CT molecular complexity index is 529. The van der Waals surface area contributed by atoms with Crippen LogP contribution in [0.25, 0.3) is 10.9 Å². The first-order valence-electron chi connectivity index (χ1n) is 4.86. The van der Waals surface area contributed by atoms with Crippen molar-refractivity contribution >= 4 is 34.1 Å². The summed E-state index contributed by atoms with van der Waals surface area (Å²) in [6.07, 6.45) is 0.0670. The van der Waals surface area contributed by atoms with Crippen molar-refractivity contribution in [3.05, 3.63) is 28.6 Å². The quantitative estimate of drug-likeness (QED) is 0.607. The summed E-state index contributed by atoms with van der Waals surface area (Å²) >= 11 is 11.8. The second-order valence-corrected chi connectivity index (χ2v) is 4.30. The molecule has 0 N–H and O–H groups in total. The molecule has 84 valence electrons. The van der Waals surface area contributed by atoms with Gasteiger partial charge in [0.25, 0.3) is 0 Å². The van der Waals surface area contributed by atoms with Gasteiger partial charge >= 0.3 is 0 Å². The summed E-state index contributed by atoms with van der Waals surface area (Å²) in [6, 6.07) is 5.51. The Hall–Kier alpha value is -1.06. The fourth-order valence-corrected chi connectivity index (χ4v) is 1.92. The molecule has 5 heteroatoms. The van der Waals surface area contributed by atoms with Crippen LogP contribution in [0.3, 0.4) is 0 Å². The zero-order chi connectivity index (χ0) is 11.7. The Kier molecular flexibility index (Phi) is 3.17. The second kappa shape index (κ2) is 4.44. The molecular formula is C11H10Cl2N2O. The third-order valence-electron chi connectivity index (χ3n) is 1.98. The fourth-order valence-electron chi connectivity index (χ4n) is 1.43. The molecule has 0 fully saturated rings. The van der Waals surface area contributed by atoms with Gasteiger partial charge in [0.05, 0.1) is 17.0 Å². The van der Waals surface area contributed by atoms with Crippen LogP contribution >= 0.6 is 23.2 Å². The molecule has 16 heavy (non-hydrogen) atoms.